The molecule has 0 bridgehead atoms. The van der Waals surface area contributed by atoms with Crippen LogP contribution in [0.5, 0.6) is 0 Å². The Morgan fingerprint density at radius 1 is 1.19 bits per heavy atom. The second kappa shape index (κ2) is 8.97. The van der Waals surface area contributed by atoms with Crippen molar-refractivity contribution in [3.63, 3.8) is 0 Å². The molecule has 0 aliphatic rings. The molecule has 1 rings (SSSR count). The number of carbonyl (C=O) groups is 2. The third-order valence-electron chi connectivity index (χ3n) is 2.97. The van der Waals surface area contributed by atoms with E-state index in [2.05, 4.69) is 15.5 Å². The molecular formula is C15H23N3O3. The number of rotatable bonds is 8. The Morgan fingerprint density at radius 2 is 1.86 bits per heavy atom. The van der Waals surface area contributed by atoms with E-state index in [0.29, 0.717) is 12.1 Å². The summed E-state index contributed by atoms with van der Waals surface area (Å²) in [7, 11) is 3.99. The van der Waals surface area contributed by atoms with Gasteiger partial charge in [-0.15, -0.1) is 0 Å². The highest BCUT2D eigenvalue weighted by Crippen LogP contribution is 2.12. The number of hydrogen-bond donors (Lipinski definition) is 3. The van der Waals surface area contributed by atoms with Gasteiger partial charge in [-0.25, -0.2) is 9.59 Å². The number of amides is 2. The van der Waals surface area contributed by atoms with Gasteiger partial charge >= 0.3 is 12.0 Å². The highest BCUT2D eigenvalue weighted by molar-refractivity contribution is 5.83. The topological polar surface area (TPSA) is 81.7 Å². The first-order valence-corrected chi connectivity index (χ1v) is 6.97. The van der Waals surface area contributed by atoms with E-state index in [1.54, 1.807) is 30.3 Å². The average Bonchev–Trinajstić information content (AvgIpc) is 2.44. The van der Waals surface area contributed by atoms with Gasteiger partial charge in [-0.1, -0.05) is 30.3 Å². The van der Waals surface area contributed by atoms with Crippen LogP contribution in [0.4, 0.5) is 4.79 Å². The van der Waals surface area contributed by atoms with E-state index in [4.69, 9.17) is 0 Å². The normalized spacial score (nSPS) is 12.0. The summed E-state index contributed by atoms with van der Waals surface area (Å²) >= 11 is 0. The second-order valence-corrected chi connectivity index (χ2v) is 5.09. The average molecular weight is 293 g/mol. The molecule has 116 valence electrons. The van der Waals surface area contributed by atoms with Crippen molar-refractivity contribution >= 4 is 12.0 Å². The summed E-state index contributed by atoms with van der Waals surface area (Å²) in [6, 6.07) is 7.14. The molecule has 0 saturated heterocycles. The van der Waals surface area contributed by atoms with Crippen molar-refractivity contribution in [3.05, 3.63) is 35.9 Å². The molecule has 1 atom stereocenters. The quantitative estimate of drug-likeness (QED) is 0.634. The predicted molar refractivity (Wildman–Crippen MR) is 81.1 cm³/mol. The zero-order valence-corrected chi connectivity index (χ0v) is 12.5. The van der Waals surface area contributed by atoms with Crippen LogP contribution in [0, 0.1) is 0 Å². The number of hydrogen-bond acceptors (Lipinski definition) is 3. The lowest BCUT2D eigenvalue weighted by atomic mass is 10.1. The van der Waals surface area contributed by atoms with Crippen molar-refractivity contribution in [1.82, 2.24) is 15.5 Å². The summed E-state index contributed by atoms with van der Waals surface area (Å²) in [5.41, 5.74) is 0.549. The molecule has 0 radical (unpaired) electrons. The van der Waals surface area contributed by atoms with Gasteiger partial charge in [0.15, 0.2) is 6.04 Å². The first-order valence-electron chi connectivity index (χ1n) is 6.97. The van der Waals surface area contributed by atoms with Crippen LogP contribution in [0.3, 0.4) is 0 Å². The lowest BCUT2D eigenvalue weighted by molar-refractivity contribution is -0.139. The molecule has 0 unspecified atom stereocenters. The summed E-state index contributed by atoms with van der Waals surface area (Å²) < 4.78 is 0. The standard InChI is InChI=1S/C15H23N3O3/c1-18(2)11-7-6-10-16-15(21)17-13(14(19)20)12-8-4-3-5-9-12/h3-5,8-9,13H,6-7,10-11H2,1-2H3,(H,19,20)(H2,16,17,21)/t13-/m0/s1. The van der Waals surface area contributed by atoms with Crippen LogP contribution in [0.1, 0.15) is 24.4 Å². The number of unbranched alkanes of at least 4 members (excludes halogenated alkanes) is 1. The maximum atomic E-state index is 11.7. The van der Waals surface area contributed by atoms with Crippen LogP contribution in [0.15, 0.2) is 30.3 Å². The number of nitrogens with one attached hydrogen (secondary N) is 2. The van der Waals surface area contributed by atoms with Crippen LogP contribution >= 0.6 is 0 Å². The van der Waals surface area contributed by atoms with E-state index in [-0.39, 0.29) is 0 Å². The number of benzene rings is 1. The molecule has 0 aromatic heterocycles. The Bertz CT molecular complexity index is 449. The highest BCUT2D eigenvalue weighted by atomic mass is 16.4. The molecule has 0 aliphatic carbocycles. The maximum absolute atomic E-state index is 11.7. The molecule has 6 nitrogen and oxygen atoms in total. The van der Waals surface area contributed by atoms with Crippen LogP contribution in [0.2, 0.25) is 0 Å². The largest absolute Gasteiger partial charge is 0.479 e. The Morgan fingerprint density at radius 3 is 2.43 bits per heavy atom. The van der Waals surface area contributed by atoms with Crippen LogP contribution in [-0.2, 0) is 4.79 Å². The van der Waals surface area contributed by atoms with Crippen molar-refractivity contribution in [2.45, 2.75) is 18.9 Å². The molecule has 0 fully saturated rings. The molecule has 0 aliphatic heterocycles. The smallest absolute Gasteiger partial charge is 0.330 e. The molecule has 2 amide bonds. The fraction of sp³-hybridized carbons (Fsp3) is 0.467. The first-order chi connectivity index (χ1) is 10.0. The number of nitrogens with zero attached hydrogens (tertiary/aromatic N) is 1. The Hall–Kier alpha value is -2.08. The van der Waals surface area contributed by atoms with Crippen molar-refractivity contribution in [3.8, 4) is 0 Å². The first kappa shape index (κ1) is 17.0. The Kier molecular flexibility index (Phi) is 7.25. The van der Waals surface area contributed by atoms with Gasteiger partial charge < -0.3 is 20.6 Å². The van der Waals surface area contributed by atoms with E-state index >= 15 is 0 Å². The predicted octanol–water partition coefficient (Wildman–Crippen LogP) is 1.45. The van der Waals surface area contributed by atoms with E-state index in [1.807, 2.05) is 14.1 Å². The molecule has 0 saturated carbocycles. The fourth-order valence-electron chi connectivity index (χ4n) is 1.87. The van der Waals surface area contributed by atoms with E-state index in [9.17, 15) is 14.7 Å². The van der Waals surface area contributed by atoms with Gasteiger partial charge in [0.1, 0.15) is 0 Å². The molecule has 3 N–H and O–H groups in total. The zero-order valence-electron chi connectivity index (χ0n) is 12.5. The van der Waals surface area contributed by atoms with E-state index in [1.165, 1.54) is 0 Å². The van der Waals surface area contributed by atoms with Crippen molar-refractivity contribution in [1.29, 1.82) is 0 Å². The third kappa shape index (κ3) is 6.76. The van der Waals surface area contributed by atoms with Crippen LogP contribution in [0.25, 0.3) is 0 Å². The summed E-state index contributed by atoms with van der Waals surface area (Å²) in [5.74, 6) is -1.08. The maximum Gasteiger partial charge on any atom is 0.330 e. The molecule has 0 heterocycles. The van der Waals surface area contributed by atoms with Crippen molar-refractivity contribution in [2.24, 2.45) is 0 Å². The van der Waals surface area contributed by atoms with Crippen LogP contribution < -0.4 is 10.6 Å². The SMILES string of the molecule is CN(C)CCCCNC(=O)N[C@H](C(=O)O)c1ccccc1. The summed E-state index contributed by atoms with van der Waals surface area (Å²) in [5, 5.41) is 14.4. The summed E-state index contributed by atoms with van der Waals surface area (Å²) in [6.45, 7) is 1.49. The van der Waals surface area contributed by atoms with Gasteiger partial charge in [0, 0.05) is 6.54 Å². The van der Waals surface area contributed by atoms with E-state index < -0.39 is 18.0 Å². The molecule has 1 aromatic rings. The van der Waals surface area contributed by atoms with Gasteiger partial charge in [-0.3, -0.25) is 0 Å². The highest BCUT2D eigenvalue weighted by Gasteiger charge is 2.21. The number of carboxylic acids is 1. The molecule has 1 aromatic carbocycles. The van der Waals surface area contributed by atoms with Gasteiger partial charge in [0.25, 0.3) is 0 Å². The number of carbonyl (C=O) groups excluding carboxylic acids is 1. The van der Waals surface area contributed by atoms with Gasteiger partial charge in [0.05, 0.1) is 0 Å². The van der Waals surface area contributed by atoms with Crippen molar-refractivity contribution in [2.75, 3.05) is 27.2 Å². The summed E-state index contributed by atoms with van der Waals surface area (Å²) in [6.07, 6.45) is 1.84. The van der Waals surface area contributed by atoms with Gasteiger partial charge in [-0.2, -0.15) is 0 Å². The minimum atomic E-state index is -1.08. The zero-order chi connectivity index (χ0) is 15.7. The monoisotopic (exact) mass is 293 g/mol. The Labute approximate surface area is 125 Å². The van der Waals surface area contributed by atoms with Crippen LogP contribution in [-0.4, -0.2) is 49.2 Å². The van der Waals surface area contributed by atoms with Gasteiger partial charge in [-0.05, 0) is 39.0 Å². The van der Waals surface area contributed by atoms with E-state index in [0.717, 1.165) is 19.4 Å². The minimum absolute atomic E-state index is 0.462. The third-order valence-corrected chi connectivity index (χ3v) is 2.97. The lowest BCUT2D eigenvalue weighted by Crippen LogP contribution is -2.41. The summed E-state index contributed by atoms with van der Waals surface area (Å²) in [4.78, 5) is 25.1. The Balaban J connectivity index is 2.39. The van der Waals surface area contributed by atoms with Crippen molar-refractivity contribution < 1.29 is 14.7 Å². The molecule has 21 heavy (non-hydrogen) atoms. The molecular weight excluding hydrogens is 270 g/mol. The second-order valence-electron chi connectivity index (χ2n) is 5.09. The molecule has 0 spiro atoms. The molecule has 6 heteroatoms. The number of carboxylic acid groups (broad SMARTS) is 1. The minimum Gasteiger partial charge on any atom is -0.479 e. The number of aliphatic carboxylic acids is 1. The number of urea groups is 1. The van der Waals surface area contributed by atoms with Gasteiger partial charge in [0.2, 0.25) is 0 Å². The lowest BCUT2D eigenvalue weighted by Gasteiger charge is -2.15. The fourth-order valence-corrected chi connectivity index (χ4v) is 1.87.